The Morgan fingerprint density at radius 1 is 1.27 bits per heavy atom. The predicted molar refractivity (Wildman–Crippen MR) is 141 cm³/mol. The van der Waals surface area contributed by atoms with Crippen molar-refractivity contribution in [1.82, 2.24) is 14.9 Å². The Hall–Kier alpha value is -3.33. The summed E-state index contributed by atoms with van der Waals surface area (Å²) < 4.78 is 27.4. The largest absolute Gasteiger partial charge is 0.390 e. The number of aromatic nitrogens is 2. The predicted octanol–water partition coefficient (Wildman–Crippen LogP) is 5.04. The number of H-pyrrole nitrogens is 2. The summed E-state index contributed by atoms with van der Waals surface area (Å²) in [6.07, 6.45) is 0.543. The third-order valence-corrected chi connectivity index (χ3v) is 6.87. The van der Waals surface area contributed by atoms with E-state index in [0.717, 1.165) is 40.4 Å². The number of amides is 1. The molecule has 0 aliphatic carbocycles. The van der Waals surface area contributed by atoms with E-state index in [1.807, 2.05) is 31.2 Å². The molecule has 1 amide bonds. The number of pyridine rings is 1. The number of rotatable bonds is 6. The number of nitrogens with zero attached hydrogens (tertiary/aromatic N) is 2. The number of benzene rings is 1. The summed E-state index contributed by atoms with van der Waals surface area (Å²) in [5.74, 6) is 0.364. The number of fused-ring (bicyclic) bond motifs is 1. The van der Waals surface area contributed by atoms with Crippen LogP contribution in [0.25, 0.3) is 22.2 Å². The molecule has 0 saturated carbocycles. The first-order valence-corrected chi connectivity index (χ1v) is 12.6. The molecule has 0 bridgehead atoms. The molecule has 3 aromatic rings. The maximum atomic E-state index is 13.7. The molecule has 0 spiro atoms. The summed E-state index contributed by atoms with van der Waals surface area (Å²) in [5.41, 5.74) is 4.22. The van der Waals surface area contributed by atoms with Crippen LogP contribution < -0.4 is 5.49 Å². The summed E-state index contributed by atoms with van der Waals surface area (Å²) in [5, 5.41) is 18.3. The number of hydrogen-bond donors (Lipinski definition) is 4. The Bertz CT molecular complexity index is 1380. The Labute approximate surface area is 215 Å². The Morgan fingerprint density at radius 3 is 2.57 bits per heavy atom. The smallest absolute Gasteiger partial charge is 0.242 e. The van der Waals surface area contributed by atoms with Crippen LogP contribution in [-0.2, 0) is 11.2 Å². The highest BCUT2D eigenvalue weighted by Gasteiger charge is 2.28. The van der Waals surface area contributed by atoms with Crippen LogP contribution in [0.3, 0.4) is 0 Å². The first-order valence-electron chi connectivity index (χ1n) is 12.6. The minimum atomic E-state index is -2.49. The van der Waals surface area contributed by atoms with Crippen molar-refractivity contribution in [1.29, 1.82) is 5.41 Å². The molecular weight excluding hydrogens is 476 g/mol. The van der Waals surface area contributed by atoms with Gasteiger partial charge in [0.05, 0.1) is 17.7 Å². The fourth-order valence-corrected chi connectivity index (χ4v) is 5.11. The lowest BCUT2D eigenvalue weighted by atomic mass is 9.88. The minimum Gasteiger partial charge on any atom is -0.390 e. The number of carbonyl (C=O) groups is 1. The highest BCUT2D eigenvalue weighted by atomic mass is 19.3. The lowest BCUT2D eigenvalue weighted by Gasteiger charge is -2.33. The molecule has 198 valence electrons. The quantitative estimate of drug-likeness (QED) is 0.275. The van der Waals surface area contributed by atoms with Gasteiger partial charge in [-0.3, -0.25) is 10.2 Å². The van der Waals surface area contributed by atoms with E-state index >= 15 is 0 Å². The summed E-state index contributed by atoms with van der Waals surface area (Å²) in [7, 11) is 0. The third-order valence-electron chi connectivity index (χ3n) is 6.87. The van der Waals surface area contributed by atoms with Crippen molar-refractivity contribution in [3.8, 4) is 11.3 Å². The molecule has 1 saturated heterocycles. The molecule has 0 unspecified atom stereocenters. The lowest BCUT2D eigenvalue weighted by Crippen LogP contribution is -2.41. The highest BCUT2D eigenvalue weighted by Crippen LogP contribution is 2.36. The van der Waals surface area contributed by atoms with Gasteiger partial charge in [0.2, 0.25) is 12.3 Å². The molecular formula is C28H35F2N5O2. The molecule has 1 aromatic carbocycles. The third kappa shape index (κ3) is 6.33. The molecule has 0 radical (unpaired) electrons. The van der Waals surface area contributed by atoms with Crippen molar-refractivity contribution in [3.63, 3.8) is 0 Å². The van der Waals surface area contributed by atoms with Crippen LogP contribution in [0.5, 0.6) is 0 Å². The van der Waals surface area contributed by atoms with Gasteiger partial charge < -0.3 is 20.0 Å². The Morgan fingerprint density at radius 2 is 1.97 bits per heavy atom. The molecule has 1 fully saturated rings. The van der Waals surface area contributed by atoms with Crippen molar-refractivity contribution < 1.29 is 18.7 Å². The van der Waals surface area contributed by atoms with Gasteiger partial charge in [-0.15, -0.1) is 0 Å². The number of likely N-dealkylation sites (tertiary alicyclic amines) is 1. The number of piperidine rings is 1. The number of alkyl halides is 2. The molecule has 0 atom stereocenters. The molecule has 9 heteroatoms. The fourth-order valence-electron chi connectivity index (χ4n) is 5.11. The second-order valence-electron chi connectivity index (χ2n) is 10.6. The van der Waals surface area contributed by atoms with Crippen LogP contribution in [0.15, 0.2) is 35.5 Å². The van der Waals surface area contributed by atoms with E-state index in [2.05, 4.69) is 15.0 Å². The zero-order valence-corrected chi connectivity index (χ0v) is 21.8. The highest BCUT2D eigenvalue weighted by molar-refractivity contribution is 5.91. The van der Waals surface area contributed by atoms with E-state index in [1.54, 1.807) is 31.9 Å². The van der Waals surface area contributed by atoms with Gasteiger partial charge in [0.25, 0.3) is 0 Å². The SMILES string of the molecule is CC(=N)/N=c1\[nH]cc(-c2[nH]c3ccc(C4CCN(C(=O)CC(C)(C)O)CC4)cc3c2CC(F)F)cc1C. The monoisotopic (exact) mass is 511 g/mol. The van der Waals surface area contributed by atoms with Gasteiger partial charge in [-0.1, -0.05) is 6.07 Å². The van der Waals surface area contributed by atoms with Gasteiger partial charge in [-0.2, -0.15) is 0 Å². The van der Waals surface area contributed by atoms with Crippen LogP contribution in [0, 0.1) is 12.3 Å². The normalized spacial score (nSPS) is 15.7. The van der Waals surface area contributed by atoms with Crippen LogP contribution in [0.4, 0.5) is 8.78 Å². The summed E-state index contributed by atoms with van der Waals surface area (Å²) in [6, 6.07) is 7.90. The number of aliphatic hydroxyl groups is 1. The Kier molecular flexibility index (Phi) is 7.64. The van der Waals surface area contributed by atoms with Gasteiger partial charge in [-0.05, 0) is 81.3 Å². The first-order chi connectivity index (χ1) is 17.4. The van der Waals surface area contributed by atoms with Crippen LogP contribution in [0.1, 0.15) is 62.6 Å². The standard InChI is InChI=1S/C28H35F2N5O2/c1-16-11-20(15-32-27(16)33-17(2)31)26-22(13-24(29)30)21-12-19(5-6-23(21)34-26)18-7-9-35(10-8-18)25(36)14-28(3,4)37/h5-6,11-12,15,18,24,34,37H,7-10,13-14H2,1-4H3,(H2,31,32,33). The molecule has 37 heavy (non-hydrogen) atoms. The Balaban J connectivity index is 1.64. The maximum absolute atomic E-state index is 13.7. The summed E-state index contributed by atoms with van der Waals surface area (Å²) >= 11 is 0. The topological polar surface area (TPSA) is 108 Å². The number of amidine groups is 1. The van der Waals surface area contributed by atoms with Crippen LogP contribution in [0.2, 0.25) is 0 Å². The molecule has 4 rings (SSSR count). The second kappa shape index (κ2) is 10.6. The van der Waals surface area contributed by atoms with Gasteiger partial charge in [0, 0.05) is 42.2 Å². The average molecular weight is 512 g/mol. The second-order valence-corrected chi connectivity index (χ2v) is 10.6. The summed E-state index contributed by atoms with van der Waals surface area (Å²) in [6.45, 7) is 7.95. The zero-order valence-electron chi connectivity index (χ0n) is 21.8. The van der Waals surface area contributed by atoms with Crippen molar-refractivity contribution >= 4 is 22.6 Å². The molecule has 1 aliphatic heterocycles. The number of halogens is 2. The van der Waals surface area contributed by atoms with Gasteiger partial charge in [0.15, 0.2) is 0 Å². The molecule has 3 heterocycles. The molecule has 1 aliphatic rings. The first kappa shape index (κ1) is 26.7. The van der Waals surface area contributed by atoms with Crippen molar-refractivity contribution in [2.75, 3.05) is 13.1 Å². The number of aromatic amines is 2. The fraction of sp³-hybridized carbons (Fsp3) is 0.464. The summed E-state index contributed by atoms with van der Waals surface area (Å²) in [4.78, 5) is 24.9. The minimum absolute atomic E-state index is 0.0439. The van der Waals surface area contributed by atoms with Crippen molar-refractivity contribution in [2.24, 2.45) is 4.99 Å². The van der Waals surface area contributed by atoms with E-state index in [4.69, 9.17) is 5.41 Å². The van der Waals surface area contributed by atoms with Crippen molar-refractivity contribution in [2.45, 2.75) is 71.3 Å². The van der Waals surface area contributed by atoms with Gasteiger partial charge >= 0.3 is 0 Å². The number of aryl methyl sites for hydroxylation is 1. The van der Waals surface area contributed by atoms with E-state index in [1.165, 1.54) is 0 Å². The van der Waals surface area contributed by atoms with Gasteiger partial charge in [0.1, 0.15) is 11.3 Å². The lowest BCUT2D eigenvalue weighted by molar-refractivity contribution is -0.136. The molecule has 4 N–H and O–H groups in total. The van der Waals surface area contributed by atoms with Gasteiger partial charge in [-0.25, -0.2) is 13.8 Å². The average Bonchev–Trinajstić information content (AvgIpc) is 3.16. The van der Waals surface area contributed by atoms with E-state index in [-0.39, 0.29) is 30.5 Å². The molecule has 2 aromatic heterocycles. The zero-order chi connectivity index (χ0) is 26.9. The number of carbonyl (C=O) groups excluding carboxylic acids is 1. The maximum Gasteiger partial charge on any atom is 0.242 e. The number of hydrogen-bond acceptors (Lipinski definition) is 3. The van der Waals surface area contributed by atoms with Crippen molar-refractivity contribution in [3.05, 3.63) is 52.6 Å². The molecule has 7 nitrogen and oxygen atoms in total. The van der Waals surface area contributed by atoms with E-state index in [9.17, 15) is 18.7 Å². The van der Waals surface area contributed by atoms with E-state index < -0.39 is 12.0 Å². The van der Waals surface area contributed by atoms with E-state index in [0.29, 0.717) is 29.8 Å². The van der Waals surface area contributed by atoms with Crippen LogP contribution >= 0.6 is 0 Å². The van der Waals surface area contributed by atoms with Crippen LogP contribution in [-0.4, -0.2) is 56.8 Å². The number of nitrogens with one attached hydrogen (secondary N) is 3.